The summed E-state index contributed by atoms with van der Waals surface area (Å²) < 4.78 is 5.40. The predicted octanol–water partition coefficient (Wildman–Crippen LogP) is 2.96. The second-order valence-corrected chi connectivity index (χ2v) is 6.54. The number of nitrogen functional groups attached to an aromatic ring is 1. The van der Waals surface area contributed by atoms with Gasteiger partial charge in [-0.05, 0) is 18.8 Å². The van der Waals surface area contributed by atoms with Gasteiger partial charge in [0, 0.05) is 20.1 Å². The zero-order chi connectivity index (χ0) is 16.0. The summed E-state index contributed by atoms with van der Waals surface area (Å²) >= 11 is 1.39. The first-order chi connectivity index (χ1) is 9.92. The molecule has 0 aliphatic rings. The van der Waals surface area contributed by atoms with Crippen molar-refractivity contribution in [1.82, 2.24) is 5.32 Å². The standard InChI is InChI=1S/C15H27N3O2S/c1-6-8-17-14(19)13-11(16)12(20-5)15(21-13)18(4)9-7-10(2)3/h10H,6-9,16H2,1-5H3,(H,17,19). The summed E-state index contributed by atoms with van der Waals surface area (Å²) in [5, 5.41) is 3.77. The van der Waals surface area contributed by atoms with Gasteiger partial charge in [-0.3, -0.25) is 4.79 Å². The smallest absolute Gasteiger partial charge is 0.263 e. The SMILES string of the molecule is CCCNC(=O)c1sc(N(C)CCC(C)C)c(OC)c1N. The lowest BCUT2D eigenvalue weighted by molar-refractivity contribution is 0.0958. The number of amides is 1. The molecule has 0 bridgehead atoms. The van der Waals surface area contributed by atoms with Crippen LogP contribution in [0.5, 0.6) is 5.75 Å². The number of anilines is 2. The van der Waals surface area contributed by atoms with Crippen molar-refractivity contribution in [3.63, 3.8) is 0 Å². The Kier molecular flexibility index (Phi) is 6.81. The third-order valence-electron chi connectivity index (χ3n) is 3.22. The number of ether oxygens (including phenoxy) is 1. The lowest BCUT2D eigenvalue weighted by Gasteiger charge is -2.19. The van der Waals surface area contributed by atoms with Crippen LogP contribution in [0.4, 0.5) is 10.7 Å². The molecule has 0 atom stereocenters. The Balaban J connectivity index is 2.96. The summed E-state index contributed by atoms with van der Waals surface area (Å²) in [5.74, 6) is 1.11. The molecule has 1 aromatic heterocycles. The van der Waals surface area contributed by atoms with Crippen LogP contribution in [-0.2, 0) is 0 Å². The normalized spacial score (nSPS) is 10.8. The monoisotopic (exact) mass is 313 g/mol. The largest absolute Gasteiger partial charge is 0.492 e. The van der Waals surface area contributed by atoms with Crippen LogP contribution in [0.3, 0.4) is 0 Å². The molecule has 0 unspecified atom stereocenters. The van der Waals surface area contributed by atoms with E-state index in [4.69, 9.17) is 10.5 Å². The number of hydrogen-bond acceptors (Lipinski definition) is 5. The molecular formula is C15H27N3O2S. The summed E-state index contributed by atoms with van der Waals surface area (Å²) in [7, 11) is 3.59. The van der Waals surface area contributed by atoms with Gasteiger partial charge in [-0.15, -0.1) is 11.3 Å². The van der Waals surface area contributed by atoms with Crippen LogP contribution in [0.25, 0.3) is 0 Å². The highest BCUT2D eigenvalue weighted by atomic mass is 32.1. The van der Waals surface area contributed by atoms with Gasteiger partial charge in [-0.1, -0.05) is 20.8 Å². The number of nitrogens with one attached hydrogen (secondary N) is 1. The van der Waals surface area contributed by atoms with Crippen LogP contribution in [-0.4, -0.2) is 33.2 Å². The minimum Gasteiger partial charge on any atom is -0.492 e. The summed E-state index contributed by atoms with van der Waals surface area (Å²) in [5.41, 5.74) is 6.51. The molecule has 0 radical (unpaired) electrons. The van der Waals surface area contributed by atoms with Crippen molar-refractivity contribution >= 4 is 27.9 Å². The molecule has 1 heterocycles. The fourth-order valence-electron chi connectivity index (χ4n) is 1.91. The molecular weight excluding hydrogens is 286 g/mol. The molecule has 120 valence electrons. The van der Waals surface area contributed by atoms with Gasteiger partial charge in [0.15, 0.2) is 5.75 Å². The average molecular weight is 313 g/mol. The van der Waals surface area contributed by atoms with Crippen molar-refractivity contribution in [3.8, 4) is 5.75 Å². The van der Waals surface area contributed by atoms with Gasteiger partial charge in [0.2, 0.25) is 0 Å². The van der Waals surface area contributed by atoms with Crippen LogP contribution in [0.15, 0.2) is 0 Å². The van der Waals surface area contributed by atoms with Crippen molar-refractivity contribution in [2.45, 2.75) is 33.6 Å². The Morgan fingerprint density at radius 2 is 2.14 bits per heavy atom. The highest BCUT2D eigenvalue weighted by molar-refractivity contribution is 7.19. The third-order valence-corrected chi connectivity index (χ3v) is 4.52. The maximum absolute atomic E-state index is 12.1. The van der Waals surface area contributed by atoms with Crippen LogP contribution < -0.4 is 20.7 Å². The Labute approximate surface area is 131 Å². The molecule has 0 aliphatic carbocycles. The second-order valence-electron chi connectivity index (χ2n) is 5.54. The molecule has 0 aromatic carbocycles. The number of carbonyl (C=O) groups excluding carboxylic acids is 1. The molecule has 0 saturated heterocycles. The molecule has 1 rings (SSSR count). The van der Waals surface area contributed by atoms with Crippen molar-refractivity contribution in [2.24, 2.45) is 5.92 Å². The van der Waals surface area contributed by atoms with Gasteiger partial charge in [-0.2, -0.15) is 0 Å². The number of nitrogens with zero attached hydrogens (tertiary/aromatic N) is 1. The molecule has 0 fully saturated rings. The molecule has 21 heavy (non-hydrogen) atoms. The van der Waals surface area contributed by atoms with Crippen molar-refractivity contribution in [2.75, 3.05) is 37.9 Å². The number of hydrogen-bond donors (Lipinski definition) is 2. The summed E-state index contributed by atoms with van der Waals surface area (Å²) in [4.78, 5) is 14.8. The maximum atomic E-state index is 12.1. The Morgan fingerprint density at radius 3 is 2.67 bits per heavy atom. The van der Waals surface area contributed by atoms with Crippen LogP contribution >= 0.6 is 11.3 Å². The summed E-state index contributed by atoms with van der Waals surface area (Å²) in [6, 6.07) is 0. The Bertz CT molecular complexity index is 472. The van der Waals surface area contributed by atoms with E-state index in [1.165, 1.54) is 11.3 Å². The predicted molar refractivity (Wildman–Crippen MR) is 90.6 cm³/mol. The number of thiophene rings is 1. The fourth-order valence-corrected chi connectivity index (χ4v) is 3.00. The highest BCUT2D eigenvalue weighted by Crippen LogP contribution is 2.44. The molecule has 1 amide bonds. The van der Waals surface area contributed by atoms with E-state index in [0.29, 0.717) is 28.8 Å². The molecule has 0 saturated carbocycles. The maximum Gasteiger partial charge on any atom is 0.263 e. The second kappa shape index (κ2) is 8.12. The van der Waals surface area contributed by atoms with E-state index in [-0.39, 0.29) is 5.91 Å². The first-order valence-electron chi connectivity index (χ1n) is 7.37. The van der Waals surface area contributed by atoms with Gasteiger partial charge < -0.3 is 20.7 Å². The van der Waals surface area contributed by atoms with E-state index in [1.54, 1.807) is 7.11 Å². The zero-order valence-corrected chi connectivity index (χ0v) is 14.5. The van der Waals surface area contributed by atoms with Crippen LogP contribution in [0.1, 0.15) is 43.3 Å². The summed E-state index contributed by atoms with van der Waals surface area (Å²) in [6.07, 6.45) is 1.98. The van der Waals surface area contributed by atoms with E-state index in [0.717, 1.165) is 24.4 Å². The van der Waals surface area contributed by atoms with Crippen molar-refractivity contribution < 1.29 is 9.53 Å². The first-order valence-corrected chi connectivity index (χ1v) is 8.19. The van der Waals surface area contributed by atoms with Gasteiger partial charge >= 0.3 is 0 Å². The van der Waals surface area contributed by atoms with Gasteiger partial charge in [0.05, 0.1) is 7.11 Å². The average Bonchev–Trinajstić information content (AvgIpc) is 2.79. The summed E-state index contributed by atoms with van der Waals surface area (Å²) in [6.45, 7) is 7.96. The lowest BCUT2D eigenvalue weighted by Crippen LogP contribution is -2.23. The first kappa shape index (κ1) is 17.6. The van der Waals surface area contributed by atoms with E-state index in [9.17, 15) is 4.79 Å². The fraction of sp³-hybridized carbons (Fsp3) is 0.667. The topological polar surface area (TPSA) is 67.6 Å². The number of carbonyl (C=O) groups is 1. The van der Waals surface area contributed by atoms with E-state index in [1.807, 2.05) is 14.0 Å². The zero-order valence-electron chi connectivity index (χ0n) is 13.7. The Morgan fingerprint density at radius 1 is 1.48 bits per heavy atom. The van der Waals surface area contributed by atoms with Crippen molar-refractivity contribution in [3.05, 3.63) is 4.88 Å². The van der Waals surface area contributed by atoms with Crippen LogP contribution in [0, 0.1) is 5.92 Å². The van der Waals surface area contributed by atoms with Crippen LogP contribution in [0.2, 0.25) is 0 Å². The molecule has 0 aliphatic heterocycles. The van der Waals surface area contributed by atoms with Gasteiger partial charge in [0.1, 0.15) is 15.6 Å². The minimum atomic E-state index is -0.124. The minimum absolute atomic E-state index is 0.124. The molecule has 5 nitrogen and oxygen atoms in total. The molecule has 1 aromatic rings. The van der Waals surface area contributed by atoms with E-state index in [2.05, 4.69) is 24.1 Å². The lowest BCUT2D eigenvalue weighted by atomic mass is 10.1. The van der Waals surface area contributed by atoms with Crippen molar-refractivity contribution in [1.29, 1.82) is 0 Å². The molecule has 0 spiro atoms. The van der Waals surface area contributed by atoms with Gasteiger partial charge in [-0.25, -0.2) is 0 Å². The number of methoxy groups -OCH3 is 1. The number of rotatable bonds is 8. The van der Waals surface area contributed by atoms with E-state index < -0.39 is 0 Å². The number of nitrogens with two attached hydrogens (primary N) is 1. The molecule has 6 heteroatoms. The third kappa shape index (κ3) is 4.52. The Hall–Kier alpha value is -1.43. The van der Waals surface area contributed by atoms with E-state index >= 15 is 0 Å². The molecule has 3 N–H and O–H groups in total. The highest BCUT2D eigenvalue weighted by Gasteiger charge is 2.23. The van der Waals surface area contributed by atoms with Gasteiger partial charge in [0.25, 0.3) is 5.91 Å². The quantitative estimate of drug-likeness (QED) is 0.774.